The summed E-state index contributed by atoms with van der Waals surface area (Å²) in [5, 5.41) is 11.8. The maximum absolute atomic E-state index is 12.8. The van der Waals surface area contributed by atoms with E-state index in [0.717, 1.165) is 55.7 Å². The monoisotopic (exact) mass is 582 g/mol. The van der Waals surface area contributed by atoms with Crippen LogP contribution in [0.5, 0.6) is 5.88 Å². The fourth-order valence-electron chi connectivity index (χ4n) is 5.33. The van der Waals surface area contributed by atoms with Gasteiger partial charge in [0.1, 0.15) is 6.61 Å². The Kier molecular flexibility index (Phi) is 9.66. The molecule has 0 amide bonds. The molecule has 1 aromatic heterocycles. The number of carbonyl (C=O) groups excluding carboxylic acids is 2. The van der Waals surface area contributed by atoms with Gasteiger partial charge >= 0.3 is 5.97 Å². The number of Topliss-reactive ketones (excluding diaryl/α,β-unsaturated/α-hetero) is 1. The number of carbonyl (C=O) groups is 2. The number of nitrogens with one attached hydrogen (secondary N) is 1. The normalized spacial score (nSPS) is 14.7. The molecule has 0 bridgehead atoms. The molecule has 1 saturated heterocycles. The number of hydrogen-bond acceptors (Lipinski definition) is 8. The van der Waals surface area contributed by atoms with Crippen LogP contribution < -0.4 is 0 Å². The number of aliphatic imine (C=N–C) groups is 1. The molecule has 1 aliphatic rings. The van der Waals surface area contributed by atoms with Crippen molar-refractivity contribution >= 4 is 34.1 Å². The van der Waals surface area contributed by atoms with E-state index in [4.69, 9.17) is 14.5 Å². The summed E-state index contributed by atoms with van der Waals surface area (Å²) in [5.41, 5.74) is 4.78. The lowest BCUT2D eigenvalue weighted by atomic mass is 9.98. The lowest BCUT2D eigenvalue weighted by Gasteiger charge is -2.32. The number of piperazine rings is 1. The van der Waals surface area contributed by atoms with E-state index in [9.17, 15) is 14.7 Å². The molecule has 2 N–H and O–H groups in total. The highest BCUT2D eigenvalue weighted by Gasteiger charge is 2.21. The Bertz CT molecular complexity index is 1600. The zero-order chi connectivity index (χ0) is 30.3. The average molecular weight is 583 g/mol. The van der Waals surface area contributed by atoms with Crippen LogP contribution in [0, 0.1) is 6.92 Å². The number of rotatable bonds is 11. The summed E-state index contributed by atoms with van der Waals surface area (Å²) in [5.74, 6) is -0.585. The number of ether oxygens (including phenoxy) is 2. The number of benzene rings is 3. The number of hydrogen-bond donors (Lipinski definition) is 2. The molecule has 0 saturated carbocycles. The Hall–Kier alpha value is -4.31. The smallest absolute Gasteiger partial charge is 0.338 e. The predicted molar refractivity (Wildman–Crippen MR) is 168 cm³/mol. The van der Waals surface area contributed by atoms with Gasteiger partial charge in [-0.2, -0.15) is 0 Å². The largest absolute Gasteiger partial charge is 0.494 e. The fourth-order valence-corrected chi connectivity index (χ4v) is 5.33. The van der Waals surface area contributed by atoms with E-state index < -0.39 is 5.97 Å². The summed E-state index contributed by atoms with van der Waals surface area (Å²) in [6.45, 7) is 7.73. The number of aryl methyl sites for hydroxylation is 1. The standard InChI is InChI=1S/C34H38N4O5/c1-23-20-28-29(21-27(23)34(41)42-3)36-33(40)31(28)32(25-8-5-4-6-9-25)35-26-12-10-24(11-13-26)30(39)22-43-19-7-14-38-17-15-37(2)16-18-38/h4-6,8-13,20-21,36,40H,7,14-19,22H2,1-3H3. The molecule has 0 radical (unpaired) electrons. The minimum Gasteiger partial charge on any atom is -0.494 e. The fraction of sp³-hybridized carbons (Fsp3) is 0.324. The molecule has 3 aromatic carbocycles. The molecule has 2 heterocycles. The third-order valence-corrected chi connectivity index (χ3v) is 7.84. The van der Waals surface area contributed by atoms with Gasteiger partial charge in [-0.05, 0) is 62.4 Å². The van der Waals surface area contributed by atoms with Crippen molar-refractivity contribution in [2.45, 2.75) is 13.3 Å². The highest BCUT2D eigenvalue weighted by Crippen LogP contribution is 2.33. The highest BCUT2D eigenvalue weighted by atomic mass is 16.5. The number of H-pyrrole nitrogens is 1. The maximum Gasteiger partial charge on any atom is 0.338 e. The minimum atomic E-state index is -0.447. The molecule has 43 heavy (non-hydrogen) atoms. The van der Waals surface area contributed by atoms with Crippen LogP contribution >= 0.6 is 0 Å². The number of ketones is 1. The van der Waals surface area contributed by atoms with Gasteiger partial charge in [0.05, 0.1) is 29.6 Å². The van der Waals surface area contributed by atoms with E-state index in [1.54, 1.807) is 30.3 Å². The number of esters is 1. The Balaban J connectivity index is 1.32. The topological polar surface area (TPSA) is 107 Å². The molecular weight excluding hydrogens is 544 g/mol. The maximum atomic E-state index is 12.8. The van der Waals surface area contributed by atoms with E-state index in [1.165, 1.54) is 7.11 Å². The van der Waals surface area contributed by atoms with Crippen molar-refractivity contribution in [1.82, 2.24) is 14.8 Å². The number of aromatic hydroxyl groups is 1. The number of nitrogens with zero attached hydrogens (tertiary/aromatic N) is 3. The van der Waals surface area contributed by atoms with Crippen LogP contribution in [0.15, 0.2) is 71.7 Å². The summed E-state index contributed by atoms with van der Waals surface area (Å²) in [6, 6.07) is 20.2. The van der Waals surface area contributed by atoms with Gasteiger partial charge in [0.2, 0.25) is 0 Å². The second-order valence-corrected chi connectivity index (χ2v) is 10.9. The van der Waals surface area contributed by atoms with Gasteiger partial charge < -0.3 is 29.4 Å². The highest BCUT2D eigenvalue weighted by molar-refractivity contribution is 6.22. The first-order valence-corrected chi connectivity index (χ1v) is 14.5. The first kappa shape index (κ1) is 30.2. The molecule has 0 spiro atoms. The molecule has 5 rings (SSSR count). The number of methoxy groups -OCH3 is 1. The Morgan fingerprint density at radius 1 is 0.977 bits per heavy atom. The first-order valence-electron chi connectivity index (χ1n) is 14.5. The van der Waals surface area contributed by atoms with Crippen molar-refractivity contribution in [2.24, 2.45) is 4.99 Å². The lowest BCUT2D eigenvalue weighted by molar-refractivity contribution is 0.0599. The second-order valence-electron chi connectivity index (χ2n) is 10.9. The van der Waals surface area contributed by atoms with Crippen LogP contribution in [-0.2, 0) is 9.47 Å². The summed E-state index contributed by atoms with van der Waals surface area (Å²) < 4.78 is 10.6. The lowest BCUT2D eigenvalue weighted by Crippen LogP contribution is -2.44. The molecular formula is C34H38N4O5. The van der Waals surface area contributed by atoms with E-state index in [-0.39, 0.29) is 18.3 Å². The molecule has 224 valence electrons. The van der Waals surface area contributed by atoms with Gasteiger partial charge in [0.25, 0.3) is 0 Å². The van der Waals surface area contributed by atoms with E-state index >= 15 is 0 Å². The Morgan fingerprint density at radius 2 is 1.70 bits per heavy atom. The van der Waals surface area contributed by atoms with Crippen LogP contribution in [-0.4, -0.2) is 97.4 Å². The van der Waals surface area contributed by atoms with Gasteiger partial charge in [-0.1, -0.05) is 30.3 Å². The van der Waals surface area contributed by atoms with Crippen molar-refractivity contribution in [3.63, 3.8) is 0 Å². The molecule has 9 nitrogen and oxygen atoms in total. The zero-order valence-electron chi connectivity index (χ0n) is 24.9. The van der Waals surface area contributed by atoms with E-state index in [0.29, 0.717) is 40.2 Å². The second kappa shape index (κ2) is 13.8. The molecule has 9 heteroatoms. The summed E-state index contributed by atoms with van der Waals surface area (Å²) in [7, 11) is 3.48. The van der Waals surface area contributed by atoms with Gasteiger partial charge in [-0.3, -0.25) is 4.79 Å². The minimum absolute atomic E-state index is 0.0384. The third-order valence-electron chi connectivity index (χ3n) is 7.84. The van der Waals surface area contributed by atoms with Gasteiger partial charge in [-0.15, -0.1) is 0 Å². The predicted octanol–water partition coefficient (Wildman–Crippen LogP) is 4.97. The summed E-state index contributed by atoms with van der Waals surface area (Å²) >= 11 is 0. The van der Waals surface area contributed by atoms with Crippen molar-refractivity contribution in [2.75, 3.05) is 60.1 Å². The number of aromatic amines is 1. The van der Waals surface area contributed by atoms with Gasteiger partial charge in [-0.25, -0.2) is 9.79 Å². The molecule has 1 aliphatic heterocycles. The van der Waals surface area contributed by atoms with Gasteiger partial charge in [0, 0.05) is 61.4 Å². The average Bonchev–Trinajstić information content (AvgIpc) is 3.34. The molecule has 0 atom stereocenters. The number of fused-ring (bicyclic) bond motifs is 1. The van der Waals surface area contributed by atoms with E-state index in [2.05, 4.69) is 21.8 Å². The SMILES string of the molecule is COC(=O)c1cc2[nH]c(O)c(C(=Nc3ccc(C(=O)COCCCN4CCN(C)CC4)cc3)c3ccccc3)c2cc1C. The summed E-state index contributed by atoms with van der Waals surface area (Å²) in [4.78, 5) is 37.7. The summed E-state index contributed by atoms with van der Waals surface area (Å²) in [6.07, 6.45) is 0.900. The van der Waals surface area contributed by atoms with Crippen molar-refractivity contribution in [1.29, 1.82) is 0 Å². The van der Waals surface area contributed by atoms with Crippen LogP contribution in [0.1, 0.15) is 43.8 Å². The van der Waals surface area contributed by atoms with Crippen LogP contribution in [0.25, 0.3) is 10.9 Å². The van der Waals surface area contributed by atoms with E-state index in [1.807, 2.05) is 43.3 Å². The van der Waals surface area contributed by atoms with Crippen molar-refractivity contribution < 1.29 is 24.2 Å². The first-order chi connectivity index (χ1) is 20.8. The number of likely N-dealkylation sites (N-methyl/N-ethyl adjacent to an activating group) is 1. The molecule has 4 aromatic rings. The third kappa shape index (κ3) is 7.19. The zero-order valence-corrected chi connectivity index (χ0v) is 24.9. The van der Waals surface area contributed by atoms with Crippen molar-refractivity contribution in [3.8, 4) is 5.88 Å². The number of aromatic nitrogens is 1. The van der Waals surface area contributed by atoms with Crippen LogP contribution in [0.4, 0.5) is 5.69 Å². The molecule has 0 aliphatic carbocycles. The quantitative estimate of drug-likeness (QED) is 0.111. The van der Waals surface area contributed by atoms with Crippen molar-refractivity contribution in [3.05, 3.63) is 94.5 Å². The Morgan fingerprint density at radius 3 is 2.40 bits per heavy atom. The Labute approximate surface area is 251 Å². The van der Waals surface area contributed by atoms with Crippen LogP contribution in [0.3, 0.4) is 0 Å². The molecule has 1 fully saturated rings. The van der Waals surface area contributed by atoms with Crippen LogP contribution in [0.2, 0.25) is 0 Å². The molecule has 0 unspecified atom stereocenters. The van der Waals surface area contributed by atoms with Gasteiger partial charge in [0.15, 0.2) is 11.7 Å².